The molecule has 0 saturated heterocycles. The number of hydrogen-bond donors (Lipinski definition) is 1. The van der Waals surface area contributed by atoms with Crippen LogP contribution >= 0.6 is 0 Å². The molecule has 3 atom stereocenters. The SMILES string of the molecule is CC12CCC(C1)C(C)(C)C2NCc1cnco1. The molecule has 3 heteroatoms. The third-order valence-electron chi connectivity index (χ3n) is 5.23. The number of nitrogens with one attached hydrogen (secondary N) is 1. The van der Waals surface area contributed by atoms with Crippen molar-refractivity contribution in [2.75, 3.05) is 0 Å². The minimum absolute atomic E-state index is 0.410. The highest BCUT2D eigenvalue weighted by Gasteiger charge is 2.58. The molecule has 1 N–H and O–H groups in total. The highest BCUT2D eigenvalue weighted by atomic mass is 16.3. The Labute approximate surface area is 103 Å². The third kappa shape index (κ3) is 1.63. The standard InChI is InChI=1S/C14H22N2O/c1-13(2)10-4-5-14(3,6-10)12(13)16-8-11-7-15-9-17-11/h7,9-10,12,16H,4-6,8H2,1-3H3. The summed E-state index contributed by atoms with van der Waals surface area (Å²) in [5.41, 5.74) is 0.890. The second kappa shape index (κ2) is 3.58. The van der Waals surface area contributed by atoms with Gasteiger partial charge in [-0.25, -0.2) is 4.98 Å². The summed E-state index contributed by atoms with van der Waals surface area (Å²) in [7, 11) is 0. The van der Waals surface area contributed by atoms with Crippen LogP contribution in [0, 0.1) is 16.7 Å². The molecule has 3 nitrogen and oxygen atoms in total. The zero-order chi connectivity index (χ0) is 12.1. The summed E-state index contributed by atoms with van der Waals surface area (Å²) < 4.78 is 5.30. The lowest BCUT2D eigenvalue weighted by molar-refractivity contribution is 0.106. The summed E-state index contributed by atoms with van der Waals surface area (Å²) in [6.45, 7) is 8.08. The average Bonchev–Trinajstić information content (AvgIpc) is 2.90. The van der Waals surface area contributed by atoms with Gasteiger partial charge in [0.05, 0.1) is 12.7 Å². The lowest BCUT2D eigenvalue weighted by Crippen LogP contribution is -2.49. The van der Waals surface area contributed by atoms with E-state index in [1.54, 1.807) is 6.20 Å². The fourth-order valence-electron chi connectivity index (χ4n) is 4.34. The van der Waals surface area contributed by atoms with Gasteiger partial charge >= 0.3 is 0 Å². The van der Waals surface area contributed by atoms with E-state index in [-0.39, 0.29) is 0 Å². The maximum Gasteiger partial charge on any atom is 0.180 e. The molecule has 0 spiro atoms. The van der Waals surface area contributed by atoms with Gasteiger partial charge in [0.15, 0.2) is 6.39 Å². The van der Waals surface area contributed by atoms with E-state index >= 15 is 0 Å². The molecule has 0 aromatic carbocycles. The van der Waals surface area contributed by atoms with Crippen LogP contribution in [-0.4, -0.2) is 11.0 Å². The van der Waals surface area contributed by atoms with Crippen molar-refractivity contribution < 1.29 is 4.42 Å². The van der Waals surface area contributed by atoms with Crippen molar-refractivity contribution in [2.24, 2.45) is 16.7 Å². The summed E-state index contributed by atoms with van der Waals surface area (Å²) in [6.07, 6.45) is 7.47. The molecule has 0 aliphatic heterocycles. The van der Waals surface area contributed by atoms with Gasteiger partial charge in [-0.05, 0) is 36.0 Å². The molecule has 0 radical (unpaired) electrons. The molecule has 1 aromatic rings. The molecule has 94 valence electrons. The van der Waals surface area contributed by atoms with Gasteiger partial charge in [0.2, 0.25) is 0 Å². The van der Waals surface area contributed by atoms with Crippen molar-refractivity contribution in [3.05, 3.63) is 18.4 Å². The largest absolute Gasteiger partial charge is 0.447 e. The first-order chi connectivity index (χ1) is 8.02. The van der Waals surface area contributed by atoms with Crippen LogP contribution in [0.5, 0.6) is 0 Å². The van der Waals surface area contributed by atoms with Crippen molar-refractivity contribution >= 4 is 0 Å². The van der Waals surface area contributed by atoms with Gasteiger partial charge in [-0.3, -0.25) is 0 Å². The molecule has 3 unspecified atom stereocenters. The fourth-order valence-corrected chi connectivity index (χ4v) is 4.34. The Bertz CT molecular complexity index is 394. The van der Waals surface area contributed by atoms with Gasteiger partial charge in [0.1, 0.15) is 5.76 Å². The topological polar surface area (TPSA) is 38.1 Å². The Kier molecular flexibility index (Phi) is 2.37. The maximum atomic E-state index is 5.30. The first-order valence-electron chi connectivity index (χ1n) is 6.63. The molecule has 3 rings (SSSR count). The molecule has 0 amide bonds. The number of fused-ring (bicyclic) bond motifs is 2. The van der Waals surface area contributed by atoms with Gasteiger partial charge in [0, 0.05) is 6.04 Å². The number of hydrogen-bond acceptors (Lipinski definition) is 3. The van der Waals surface area contributed by atoms with Crippen molar-refractivity contribution in [1.82, 2.24) is 10.3 Å². The first kappa shape index (κ1) is 11.3. The molecule has 2 fully saturated rings. The van der Waals surface area contributed by atoms with Gasteiger partial charge in [-0.2, -0.15) is 0 Å². The van der Waals surface area contributed by atoms with E-state index in [0.717, 1.165) is 18.2 Å². The van der Waals surface area contributed by atoms with E-state index in [4.69, 9.17) is 4.42 Å². The van der Waals surface area contributed by atoms with Gasteiger partial charge < -0.3 is 9.73 Å². The Morgan fingerprint density at radius 1 is 1.47 bits per heavy atom. The molecule has 17 heavy (non-hydrogen) atoms. The molecule has 2 aliphatic rings. The van der Waals surface area contributed by atoms with Crippen LogP contribution < -0.4 is 5.32 Å². The van der Waals surface area contributed by atoms with Crippen molar-refractivity contribution in [1.29, 1.82) is 0 Å². The maximum absolute atomic E-state index is 5.30. The Morgan fingerprint density at radius 2 is 2.29 bits per heavy atom. The lowest BCUT2D eigenvalue weighted by Gasteiger charge is -2.43. The van der Waals surface area contributed by atoms with Crippen LogP contribution in [-0.2, 0) is 6.54 Å². The van der Waals surface area contributed by atoms with Crippen LogP contribution in [0.3, 0.4) is 0 Å². The summed E-state index contributed by atoms with van der Waals surface area (Å²) >= 11 is 0. The highest BCUT2D eigenvalue weighted by Crippen LogP contribution is 2.62. The predicted octanol–water partition coefficient (Wildman–Crippen LogP) is 2.98. The number of rotatable bonds is 3. The van der Waals surface area contributed by atoms with Crippen LogP contribution in [0.15, 0.2) is 17.0 Å². The Balaban J connectivity index is 1.74. The second-order valence-electron chi connectivity index (χ2n) is 6.70. The van der Waals surface area contributed by atoms with Crippen LogP contribution in [0.4, 0.5) is 0 Å². The minimum Gasteiger partial charge on any atom is -0.447 e. The van der Waals surface area contributed by atoms with E-state index in [2.05, 4.69) is 31.1 Å². The normalized spacial score (nSPS) is 38.8. The Hall–Kier alpha value is -0.830. The molecule has 1 aromatic heterocycles. The fraction of sp³-hybridized carbons (Fsp3) is 0.786. The Morgan fingerprint density at radius 3 is 2.88 bits per heavy atom. The van der Waals surface area contributed by atoms with Crippen molar-refractivity contribution in [3.8, 4) is 0 Å². The number of aromatic nitrogens is 1. The summed E-state index contributed by atoms with van der Waals surface area (Å²) in [5, 5.41) is 3.71. The van der Waals surface area contributed by atoms with Crippen molar-refractivity contribution in [2.45, 2.75) is 52.6 Å². The van der Waals surface area contributed by atoms with Gasteiger partial charge in [-0.1, -0.05) is 20.8 Å². The van der Waals surface area contributed by atoms with Gasteiger partial charge in [0.25, 0.3) is 0 Å². The minimum atomic E-state index is 0.410. The molecular weight excluding hydrogens is 212 g/mol. The van der Waals surface area contributed by atoms with E-state index in [0.29, 0.717) is 16.9 Å². The zero-order valence-electron chi connectivity index (χ0n) is 11.0. The molecule has 1 heterocycles. The predicted molar refractivity (Wildman–Crippen MR) is 66.4 cm³/mol. The van der Waals surface area contributed by atoms with Crippen LogP contribution in [0.1, 0.15) is 45.8 Å². The van der Waals surface area contributed by atoms with E-state index in [9.17, 15) is 0 Å². The number of oxazole rings is 1. The number of nitrogens with zero attached hydrogens (tertiary/aromatic N) is 1. The first-order valence-corrected chi connectivity index (χ1v) is 6.63. The van der Waals surface area contributed by atoms with E-state index in [1.165, 1.54) is 25.7 Å². The second-order valence-corrected chi connectivity index (χ2v) is 6.70. The monoisotopic (exact) mass is 234 g/mol. The van der Waals surface area contributed by atoms with E-state index < -0.39 is 0 Å². The van der Waals surface area contributed by atoms with Crippen molar-refractivity contribution in [3.63, 3.8) is 0 Å². The van der Waals surface area contributed by atoms with Crippen LogP contribution in [0.25, 0.3) is 0 Å². The van der Waals surface area contributed by atoms with Crippen LogP contribution in [0.2, 0.25) is 0 Å². The molecule has 2 bridgehead atoms. The molecule has 2 aliphatic carbocycles. The smallest absolute Gasteiger partial charge is 0.180 e. The quantitative estimate of drug-likeness (QED) is 0.873. The average molecular weight is 234 g/mol. The molecule has 2 saturated carbocycles. The summed E-state index contributed by atoms with van der Waals surface area (Å²) in [5.74, 6) is 1.83. The summed E-state index contributed by atoms with van der Waals surface area (Å²) in [4.78, 5) is 3.96. The summed E-state index contributed by atoms with van der Waals surface area (Å²) in [6, 6.07) is 0.596. The third-order valence-corrected chi connectivity index (χ3v) is 5.23. The zero-order valence-corrected chi connectivity index (χ0v) is 11.0. The molecular formula is C14H22N2O. The van der Waals surface area contributed by atoms with E-state index in [1.807, 2.05) is 0 Å². The lowest BCUT2D eigenvalue weighted by atomic mass is 9.68. The van der Waals surface area contributed by atoms with Gasteiger partial charge in [-0.15, -0.1) is 0 Å². The highest BCUT2D eigenvalue weighted by molar-refractivity contribution is 5.12.